The molecule has 1 heterocycles. The lowest BCUT2D eigenvalue weighted by Gasteiger charge is -2.34. The van der Waals surface area contributed by atoms with Crippen molar-refractivity contribution in [2.45, 2.75) is 32.2 Å². The summed E-state index contributed by atoms with van der Waals surface area (Å²) in [7, 11) is 1.57. The van der Waals surface area contributed by atoms with Gasteiger partial charge < -0.3 is 24.4 Å². The second kappa shape index (κ2) is 11.3. The molecule has 1 fully saturated rings. The molecule has 0 aromatic heterocycles. The number of carbonyl (C=O) groups is 3. The van der Waals surface area contributed by atoms with E-state index >= 15 is 0 Å². The van der Waals surface area contributed by atoms with E-state index in [0.29, 0.717) is 44.2 Å². The fraction of sp³-hybridized carbons (Fsp3) is 0.550. The largest absolute Gasteiger partial charge is 0.490 e. The Balaban J connectivity index is 2.13. The Morgan fingerprint density at radius 1 is 1.21 bits per heavy atom. The first-order valence-corrected chi connectivity index (χ1v) is 9.53. The van der Waals surface area contributed by atoms with Gasteiger partial charge in [-0.2, -0.15) is 0 Å². The van der Waals surface area contributed by atoms with E-state index in [0.717, 1.165) is 12.8 Å². The van der Waals surface area contributed by atoms with Gasteiger partial charge in [0.15, 0.2) is 0 Å². The molecule has 0 aliphatic carbocycles. The molecule has 1 unspecified atom stereocenters. The number of piperazine rings is 1. The average molecular weight is 392 g/mol. The van der Waals surface area contributed by atoms with Crippen molar-refractivity contribution in [2.75, 3.05) is 40.0 Å². The number of para-hydroxylation sites is 1. The fourth-order valence-electron chi connectivity index (χ4n) is 2.87. The van der Waals surface area contributed by atoms with Crippen molar-refractivity contribution in [2.24, 2.45) is 0 Å². The number of nitrogens with zero attached hydrogens (tertiary/aromatic N) is 1. The van der Waals surface area contributed by atoms with Crippen molar-refractivity contribution < 1.29 is 28.6 Å². The molecule has 2 amide bonds. The molecular formula is C20H28N2O6. The van der Waals surface area contributed by atoms with Gasteiger partial charge in [-0.25, -0.2) is 0 Å². The van der Waals surface area contributed by atoms with E-state index in [9.17, 15) is 14.4 Å². The number of carbonyl (C=O) groups excluding carboxylic acids is 3. The maximum Gasteiger partial charge on any atom is 0.308 e. The van der Waals surface area contributed by atoms with Crippen molar-refractivity contribution >= 4 is 17.8 Å². The Bertz CT molecular complexity index is 678. The van der Waals surface area contributed by atoms with Crippen LogP contribution in [0.25, 0.3) is 0 Å². The van der Waals surface area contributed by atoms with Gasteiger partial charge in [0.05, 0.1) is 25.2 Å². The maximum atomic E-state index is 13.1. The quantitative estimate of drug-likeness (QED) is 0.478. The van der Waals surface area contributed by atoms with Gasteiger partial charge in [-0.15, -0.1) is 0 Å². The van der Waals surface area contributed by atoms with Crippen molar-refractivity contribution in [1.82, 2.24) is 10.2 Å². The number of nitrogens with one attached hydrogen (secondary N) is 1. The number of hydrogen-bond acceptors (Lipinski definition) is 6. The minimum absolute atomic E-state index is 0.173. The number of amides is 2. The van der Waals surface area contributed by atoms with Gasteiger partial charge in [0.2, 0.25) is 5.91 Å². The van der Waals surface area contributed by atoms with Crippen LogP contribution in [0.3, 0.4) is 0 Å². The van der Waals surface area contributed by atoms with Gasteiger partial charge in [-0.05, 0) is 18.6 Å². The summed E-state index contributed by atoms with van der Waals surface area (Å²) in [5.41, 5.74) is 0.345. The molecule has 28 heavy (non-hydrogen) atoms. The molecule has 8 nitrogen and oxygen atoms in total. The Morgan fingerprint density at radius 3 is 2.75 bits per heavy atom. The van der Waals surface area contributed by atoms with Crippen LogP contribution in [0.4, 0.5) is 0 Å². The highest BCUT2D eigenvalue weighted by molar-refractivity contribution is 6.01. The molecule has 1 atom stereocenters. The van der Waals surface area contributed by atoms with Crippen molar-refractivity contribution in [3.63, 3.8) is 0 Å². The van der Waals surface area contributed by atoms with Crippen LogP contribution in [0.15, 0.2) is 24.3 Å². The second-order valence-electron chi connectivity index (χ2n) is 6.42. The Labute approximate surface area is 165 Å². The highest BCUT2D eigenvalue weighted by Gasteiger charge is 2.36. The van der Waals surface area contributed by atoms with Gasteiger partial charge in [0.1, 0.15) is 18.4 Å². The lowest BCUT2D eigenvalue weighted by molar-refractivity contribution is -0.147. The maximum absolute atomic E-state index is 13.1. The van der Waals surface area contributed by atoms with Crippen LogP contribution < -0.4 is 10.1 Å². The third kappa shape index (κ3) is 5.95. The molecular weight excluding hydrogens is 364 g/mol. The average Bonchev–Trinajstić information content (AvgIpc) is 2.70. The summed E-state index contributed by atoms with van der Waals surface area (Å²) in [6.07, 6.45) is 1.49. The Morgan fingerprint density at radius 2 is 2.00 bits per heavy atom. The number of unbranched alkanes of at least 4 members (excludes halogenated alkanes) is 1. The van der Waals surface area contributed by atoms with Crippen LogP contribution >= 0.6 is 0 Å². The van der Waals surface area contributed by atoms with Crippen LogP contribution in [0.5, 0.6) is 5.75 Å². The zero-order valence-electron chi connectivity index (χ0n) is 16.4. The predicted molar refractivity (Wildman–Crippen MR) is 102 cm³/mol. The molecule has 1 aliphatic heterocycles. The van der Waals surface area contributed by atoms with Crippen molar-refractivity contribution in [3.8, 4) is 5.75 Å². The van der Waals surface area contributed by atoms with Crippen LogP contribution in [-0.2, 0) is 19.1 Å². The van der Waals surface area contributed by atoms with Gasteiger partial charge in [0, 0.05) is 20.2 Å². The first-order chi connectivity index (χ1) is 13.6. The van der Waals surface area contributed by atoms with E-state index in [4.69, 9.17) is 14.2 Å². The number of benzene rings is 1. The number of ether oxygens (including phenoxy) is 3. The lowest BCUT2D eigenvalue weighted by Crippen LogP contribution is -2.57. The lowest BCUT2D eigenvalue weighted by atomic mass is 10.1. The van der Waals surface area contributed by atoms with Gasteiger partial charge in [0.25, 0.3) is 5.91 Å². The second-order valence-corrected chi connectivity index (χ2v) is 6.42. The zero-order valence-corrected chi connectivity index (χ0v) is 16.4. The summed E-state index contributed by atoms with van der Waals surface area (Å²) < 4.78 is 15.8. The molecule has 0 bridgehead atoms. The summed E-state index contributed by atoms with van der Waals surface area (Å²) in [6, 6.07) is 5.94. The first kappa shape index (κ1) is 21.7. The topological polar surface area (TPSA) is 94.2 Å². The molecule has 2 rings (SSSR count). The van der Waals surface area contributed by atoms with E-state index in [2.05, 4.69) is 5.32 Å². The third-order valence-corrected chi connectivity index (χ3v) is 4.38. The molecule has 0 spiro atoms. The highest BCUT2D eigenvalue weighted by atomic mass is 16.5. The van der Waals surface area contributed by atoms with Crippen LogP contribution in [0.2, 0.25) is 0 Å². The van der Waals surface area contributed by atoms with E-state index in [1.807, 2.05) is 6.92 Å². The van der Waals surface area contributed by atoms with Crippen LogP contribution in [0, 0.1) is 0 Å². The molecule has 154 valence electrons. The Hall–Kier alpha value is -2.61. The molecule has 1 saturated heterocycles. The summed E-state index contributed by atoms with van der Waals surface area (Å²) >= 11 is 0. The number of methoxy groups -OCH3 is 1. The van der Waals surface area contributed by atoms with E-state index < -0.39 is 12.0 Å². The molecule has 1 aromatic carbocycles. The van der Waals surface area contributed by atoms with Gasteiger partial charge in [-0.1, -0.05) is 25.5 Å². The number of rotatable bonds is 10. The third-order valence-electron chi connectivity index (χ3n) is 4.38. The van der Waals surface area contributed by atoms with Gasteiger partial charge in [-0.3, -0.25) is 14.4 Å². The van der Waals surface area contributed by atoms with Crippen molar-refractivity contribution in [1.29, 1.82) is 0 Å². The predicted octanol–water partition coefficient (Wildman–Crippen LogP) is 1.39. The minimum atomic E-state index is -0.901. The van der Waals surface area contributed by atoms with E-state index in [-0.39, 0.29) is 18.2 Å². The molecule has 1 N–H and O–H groups in total. The SMILES string of the molecule is CCCCOC(=O)CC1C(=O)NCCN1C(=O)c1ccccc1OCCOC. The van der Waals surface area contributed by atoms with Crippen LogP contribution in [-0.4, -0.2) is 68.7 Å². The monoisotopic (exact) mass is 392 g/mol. The first-order valence-electron chi connectivity index (χ1n) is 9.53. The summed E-state index contributed by atoms with van der Waals surface area (Å²) in [5.74, 6) is -0.781. The van der Waals surface area contributed by atoms with E-state index in [1.165, 1.54) is 4.90 Å². The van der Waals surface area contributed by atoms with E-state index in [1.54, 1.807) is 31.4 Å². The zero-order chi connectivity index (χ0) is 20.4. The molecule has 0 radical (unpaired) electrons. The van der Waals surface area contributed by atoms with Gasteiger partial charge >= 0.3 is 5.97 Å². The summed E-state index contributed by atoms with van der Waals surface area (Å²) in [4.78, 5) is 39.0. The Kier molecular flexibility index (Phi) is 8.74. The van der Waals surface area contributed by atoms with Crippen LogP contribution in [0.1, 0.15) is 36.5 Å². The number of esters is 1. The normalized spacial score (nSPS) is 16.4. The minimum Gasteiger partial charge on any atom is -0.490 e. The smallest absolute Gasteiger partial charge is 0.308 e. The highest BCUT2D eigenvalue weighted by Crippen LogP contribution is 2.22. The standard InChI is InChI=1S/C20H28N2O6/c1-3-4-11-28-18(23)14-16-19(24)21-9-10-22(16)20(25)15-7-5-6-8-17(15)27-13-12-26-2/h5-8,16H,3-4,9-14H2,1-2H3,(H,21,24). The molecule has 1 aromatic rings. The number of hydrogen-bond donors (Lipinski definition) is 1. The summed E-state index contributed by atoms with van der Waals surface area (Å²) in [5, 5.41) is 2.71. The summed E-state index contributed by atoms with van der Waals surface area (Å²) in [6.45, 7) is 3.64. The van der Waals surface area contributed by atoms with Crippen molar-refractivity contribution in [3.05, 3.63) is 29.8 Å². The fourth-order valence-corrected chi connectivity index (χ4v) is 2.87. The molecule has 0 saturated carbocycles. The molecule has 8 heteroatoms. The molecule has 1 aliphatic rings.